The third-order valence-electron chi connectivity index (χ3n) is 6.00. The van der Waals surface area contributed by atoms with Crippen molar-refractivity contribution in [1.82, 2.24) is 19.9 Å². The topological polar surface area (TPSA) is 79.5 Å². The van der Waals surface area contributed by atoms with E-state index >= 15 is 0 Å². The molecule has 0 unspecified atom stereocenters. The highest BCUT2D eigenvalue weighted by molar-refractivity contribution is 5.79. The minimum atomic E-state index is 0.118. The van der Waals surface area contributed by atoms with Gasteiger partial charge in [-0.3, -0.25) is 14.6 Å². The minimum absolute atomic E-state index is 0.118. The molecule has 30 heavy (non-hydrogen) atoms. The summed E-state index contributed by atoms with van der Waals surface area (Å²) in [7, 11) is 1.85. The molecule has 0 radical (unpaired) electrons. The Balaban J connectivity index is 1.43. The number of likely N-dealkylation sites (tertiary alicyclic amines) is 1. The quantitative estimate of drug-likeness (QED) is 0.666. The lowest BCUT2D eigenvalue weighted by atomic mass is 9.92. The zero-order chi connectivity index (χ0) is 21.5. The first-order valence-electron chi connectivity index (χ1n) is 10.8. The van der Waals surface area contributed by atoms with E-state index in [4.69, 9.17) is 4.52 Å². The molecule has 3 rings (SSSR count). The van der Waals surface area contributed by atoms with E-state index in [0.29, 0.717) is 31.1 Å². The number of carbonyl (C=O) groups excluding carboxylic acids is 2. The van der Waals surface area contributed by atoms with Crippen molar-refractivity contribution in [2.75, 3.05) is 26.7 Å². The summed E-state index contributed by atoms with van der Waals surface area (Å²) in [5.41, 5.74) is 2.68. The molecule has 0 bridgehead atoms. The second-order valence-corrected chi connectivity index (χ2v) is 8.25. The SMILES string of the molecule is Cc1noc(C)c1CC(=O)N1CCC[C@H](CCC(=O)N(C)CCc2ccccn2)C1. The molecule has 0 aromatic carbocycles. The van der Waals surface area contributed by atoms with Crippen LogP contribution in [0.5, 0.6) is 0 Å². The molecule has 1 fully saturated rings. The number of piperidine rings is 1. The van der Waals surface area contributed by atoms with Crippen molar-refractivity contribution in [1.29, 1.82) is 0 Å². The first-order valence-corrected chi connectivity index (χ1v) is 10.8. The van der Waals surface area contributed by atoms with Crippen LogP contribution in [0, 0.1) is 19.8 Å². The van der Waals surface area contributed by atoms with Crippen LogP contribution in [0.2, 0.25) is 0 Å². The third kappa shape index (κ3) is 5.90. The smallest absolute Gasteiger partial charge is 0.227 e. The second-order valence-electron chi connectivity index (χ2n) is 8.25. The fourth-order valence-electron chi connectivity index (χ4n) is 4.02. The van der Waals surface area contributed by atoms with Gasteiger partial charge in [-0.1, -0.05) is 11.2 Å². The molecule has 1 aliphatic rings. The summed E-state index contributed by atoms with van der Waals surface area (Å²) in [6.45, 7) is 5.90. The van der Waals surface area contributed by atoms with E-state index in [9.17, 15) is 9.59 Å². The van der Waals surface area contributed by atoms with E-state index in [1.165, 1.54) is 0 Å². The predicted molar refractivity (Wildman–Crippen MR) is 114 cm³/mol. The van der Waals surface area contributed by atoms with Crippen LogP contribution < -0.4 is 0 Å². The van der Waals surface area contributed by atoms with Gasteiger partial charge in [0.2, 0.25) is 11.8 Å². The molecule has 2 aromatic rings. The molecule has 0 aliphatic carbocycles. The Labute approximate surface area is 178 Å². The van der Waals surface area contributed by atoms with Crippen molar-refractivity contribution in [2.45, 2.75) is 52.4 Å². The first-order chi connectivity index (χ1) is 14.4. The maximum atomic E-state index is 12.8. The molecular weight excluding hydrogens is 380 g/mol. The van der Waals surface area contributed by atoms with Crippen molar-refractivity contribution >= 4 is 11.8 Å². The summed E-state index contributed by atoms with van der Waals surface area (Å²) in [4.78, 5) is 33.3. The molecule has 1 aliphatic heterocycles. The lowest BCUT2D eigenvalue weighted by molar-refractivity contribution is -0.132. The highest BCUT2D eigenvalue weighted by atomic mass is 16.5. The first kappa shape index (κ1) is 22.0. The highest BCUT2D eigenvalue weighted by Crippen LogP contribution is 2.23. The van der Waals surface area contributed by atoms with Crippen LogP contribution in [-0.4, -0.2) is 58.4 Å². The van der Waals surface area contributed by atoms with Crippen molar-refractivity contribution in [2.24, 2.45) is 5.92 Å². The molecule has 1 atom stereocenters. The number of amides is 2. The van der Waals surface area contributed by atoms with Gasteiger partial charge in [0, 0.05) is 57.0 Å². The van der Waals surface area contributed by atoms with Crippen LogP contribution in [-0.2, 0) is 22.4 Å². The number of aryl methyl sites for hydroxylation is 2. The summed E-state index contributed by atoms with van der Waals surface area (Å²) >= 11 is 0. The Morgan fingerprint density at radius 3 is 2.83 bits per heavy atom. The largest absolute Gasteiger partial charge is 0.361 e. The summed E-state index contributed by atoms with van der Waals surface area (Å²) < 4.78 is 5.17. The van der Waals surface area contributed by atoms with Gasteiger partial charge in [-0.25, -0.2) is 0 Å². The minimum Gasteiger partial charge on any atom is -0.361 e. The molecule has 0 N–H and O–H groups in total. The molecule has 2 amide bonds. The average molecular weight is 413 g/mol. The van der Waals surface area contributed by atoms with Gasteiger partial charge in [0.25, 0.3) is 0 Å². The molecule has 162 valence electrons. The standard InChI is InChI=1S/C23H32N4O3/c1-17-21(18(2)30-25-17)15-23(29)27-13-6-7-19(16-27)9-10-22(28)26(3)14-11-20-8-4-5-12-24-20/h4-5,8,12,19H,6-7,9-11,13-16H2,1-3H3/t19-/m1/s1. The molecule has 7 heteroatoms. The lowest BCUT2D eigenvalue weighted by Gasteiger charge is -2.33. The monoisotopic (exact) mass is 412 g/mol. The number of pyridine rings is 1. The Morgan fingerprint density at radius 1 is 1.30 bits per heavy atom. The molecule has 0 saturated carbocycles. The normalized spacial score (nSPS) is 16.5. The zero-order valence-corrected chi connectivity index (χ0v) is 18.3. The number of rotatable bonds is 8. The van der Waals surface area contributed by atoms with Gasteiger partial charge in [0.1, 0.15) is 5.76 Å². The fraction of sp³-hybridized carbons (Fsp3) is 0.565. The number of hydrogen-bond donors (Lipinski definition) is 0. The van der Waals surface area contributed by atoms with Gasteiger partial charge in [0.15, 0.2) is 0 Å². The number of nitrogens with zero attached hydrogens (tertiary/aromatic N) is 4. The van der Waals surface area contributed by atoms with Crippen LogP contribution in [0.25, 0.3) is 0 Å². The summed E-state index contributed by atoms with van der Waals surface area (Å²) in [5.74, 6) is 1.37. The molecule has 1 saturated heterocycles. The summed E-state index contributed by atoms with van der Waals surface area (Å²) in [6.07, 6.45) is 6.28. The van der Waals surface area contributed by atoms with Crippen molar-refractivity contribution in [3.05, 3.63) is 47.1 Å². The van der Waals surface area contributed by atoms with Crippen molar-refractivity contribution in [3.8, 4) is 0 Å². The van der Waals surface area contributed by atoms with Crippen LogP contribution in [0.15, 0.2) is 28.9 Å². The Bertz CT molecular complexity index is 830. The van der Waals surface area contributed by atoms with Crippen molar-refractivity contribution < 1.29 is 14.1 Å². The lowest BCUT2D eigenvalue weighted by Crippen LogP contribution is -2.41. The number of carbonyl (C=O) groups is 2. The van der Waals surface area contributed by atoms with Gasteiger partial charge in [-0.15, -0.1) is 0 Å². The second kappa shape index (κ2) is 10.4. The van der Waals surface area contributed by atoms with Gasteiger partial charge < -0.3 is 14.3 Å². The van der Waals surface area contributed by atoms with Gasteiger partial charge >= 0.3 is 0 Å². The van der Waals surface area contributed by atoms with Gasteiger partial charge in [0.05, 0.1) is 12.1 Å². The van der Waals surface area contributed by atoms with Crippen LogP contribution in [0.1, 0.15) is 48.4 Å². The Hall–Kier alpha value is -2.70. The number of hydrogen-bond acceptors (Lipinski definition) is 5. The number of likely N-dealkylation sites (N-methyl/N-ethyl adjacent to an activating group) is 1. The van der Waals surface area contributed by atoms with E-state index in [-0.39, 0.29) is 11.8 Å². The molecule has 7 nitrogen and oxygen atoms in total. The molecule has 3 heterocycles. The van der Waals surface area contributed by atoms with Crippen LogP contribution in [0.4, 0.5) is 0 Å². The summed E-state index contributed by atoms with van der Waals surface area (Å²) in [6, 6.07) is 5.84. The highest BCUT2D eigenvalue weighted by Gasteiger charge is 2.26. The average Bonchev–Trinajstić information content (AvgIpc) is 3.08. The van der Waals surface area contributed by atoms with Gasteiger partial charge in [-0.05, 0) is 51.2 Å². The Morgan fingerprint density at radius 2 is 2.13 bits per heavy atom. The maximum absolute atomic E-state index is 12.8. The van der Waals surface area contributed by atoms with E-state index in [1.54, 1.807) is 11.1 Å². The summed E-state index contributed by atoms with van der Waals surface area (Å²) in [5, 5.41) is 3.94. The van der Waals surface area contributed by atoms with E-state index < -0.39 is 0 Å². The van der Waals surface area contributed by atoms with Crippen molar-refractivity contribution in [3.63, 3.8) is 0 Å². The Kier molecular flexibility index (Phi) is 7.60. The molecule has 0 spiro atoms. The predicted octanol–water partition coefficient (Wildman–Crippen LogP) is 2.95. The molecular formula is C23H32N4O3. The third-order valence-corrected chi connectivity index (χ3v) is 6.00. The number of aromatic nitrogens is 2. The van der Waals surface area contributed by atoms with Crippen LogP contribution >= 0.6 is 0 Å². The van der Waals surface area contributed by atoms with Gasteiger partial charge in [-0.2, -0.15) is 0 Å². The van der Waals surface area contributed by atoms with E-state index in [2.05, 4.69) is 10.1 Å². The zero-order valence-electron chi connectivity index (χ0n) is 18.3. The molecule has 2 aromatic heterocycles. The van der Waals surface area contributed by atoms with Crippen LogP contribution in [0.3, 0.4) is 0 Å². The van der Waals surface area contributed by atoms with E-state index in [0.717, 1.165) is 55.7 Å². The van der Waals surface area contributed by atoms with E-state index in [1.807, 2.05) is 44.0 Å². The maximum Gasteiger partial charge on any atom is 0.227 e. The fourth-order valence-corrected chi connectivity index (χ4v) is 4.02.